The fourth-order valence-electron chi connectivity index (χ4n) is 9.11. The Kier molecular flexibility index (Phi) is 4.09. The second-order valence-electron chi connectivity index (χ2n) is 13.0. The molecule has 0 N–H and O–H groups in total. The van der Waals surface area contributed by atoms with Gasteiger partial charge >= 0.3 is 6.18 Å². The average molecular weight is 565 g/mol. The third kappa shape index (κ3) is 2.67. The van der Waals surface area contributed by atoms with Crippen LogP contribution in [0.4, 0.5) is 19.1 Å². The van der Waals surface area contributed by atoms with Crippen LogP contribution in [-0.2, 0) is 13.1 Å². The number of fused-ring (bicyclic) bond motifs is 3. The molecule has 2 aliphatic heterocycles. The molecule has 3 atom stereocenters. The van der Waals surface area contributed by atoms with Gasteiger partial charge in [-0.05, 0) is 61.9 Å². The summed E-state index contributed by atoms with van der Waals surface area (Å²) in [7, 11) is 0. The molecule has 2 aromatic heterocycles. The van der Waals surface area contributed by atoms with Crippen molar-refractivity contribution in [2.45, 2.75) is 62.8 Å². The van der Waals surface area contributed by atoms with Crippen LogP contribution in [0.25, 0.3) is 5.69 Å². The molecule has 4 heterocycles. The van der Waals surface area contributed by atoms with Crippen molar-refractivity contribution in [3.8, 4) is 11.8 Å². The van der Waals surface area contributed by atoms with Gasteiger partial charge in [0, 0.05) is 53.1 Å². The molecular weight excluding hydrogens is 541 g/mol. The Labute approximate surface area is 232 Å². The zero-order valence-electron chi connectivity index (χ0n) is 21.4. The summed E-state index contributed by atoms with van der Waals surface area (Å²) in [5.41, 5.74) is 0.0313. The Morgan fingerprint density at radius 3 is 2.60 bits per heavy atom. The van der Waals surface area contributed by atoms with Gasteiger partial charge in [-0.1, -0.05) is 11.6 Å². The Hall–Kier alpha value is -3.23. The Balaban J connectivity index is 0.986. The Morgan fingerprint density at radius 2 is 1.88 bits per heavy atom. The highest BCUT2D eigenvalue weighted by molar-refractivity contribution is 6.30. The van der Waals surface area contributed by atoms with E-state index in [1.54, 1.807) is 12.3 Å². The first kappa shape index (κ1) is 23.5. The van der Waals surface area contributed by atoms with Crippen LogP contribution in [-0.4, -0.2) is 54.4 Å². The molecular formula is C28H24ClF3N8. The topological polar surface area (TPSA) is 86.8 Å². The highest BCUT2D eigenvalue weighted by Gasteiger charge is 3.03. The van der Waals surface area contributed by atoms with Gasteiger partial charge in [0.1, 0.15) is 17.6 Å². The fraction of sp³-hybridized carbons (Fsp3) is 0.536. The van der Waals surface area contributed by atoms with Crippen LogP contribution in [0.5, 0.6) is 0 Å². The van der Waals surface area contributed by atoms with Gasteiger partial charge in [0.2, 0.25) is 5.95 Å². The highest BCUT2D eigenvalue weighted by Crippen LogP contribution is 3.00. The van der Waals surface area contributed by atoms with Crippen LogP contribution in [0.2, 0.25) is 5.02 Å². The molecule has 1 aromatic carbocycles. The van der Waals surface area contributed by atoms with Crippen molar-refractivity contribution in [3.63, 3.8) is 0 Å². The molecule has 0 radical (unpaired) electrons. The Bertz CT molecular complexity index is 1670. The van der Waals surface area contributed by atoms with Crippen LogP contribution in [0.15, 0.2) is 30.5 Å². The van der Waals surface area contributed by atoms with Gasteiger partial charge in [-0.2, -0.15) is 18.4 Å². The maximum atomic E-state index is 13.9. The number of nitriles is 1. The SMILES string of the molecule is N#Cc1ccnc(N2CC3(CC(c4nnc5n4-c4ccc(Cl)cc4CN(C46CC7(C(F)(F)F)CC47C6)C5)C3)C2)n1. The smallest absolute Gasteiger partial charge is 0.340 e. The first-order chi connectivity index (χ1) is 19.1. The average Bonchev–Trinajstić information content (AvgIpc) is 3.56. The van der Waals surface area contributed by atoms with E-state index >= 15 is 0 Å². The second kappa shape index (κ2) is 6.97. The normalized spacial score (nSPS) is 32.8. The molecule has 5 fully saturated rings. The first-order valence-corrected chi connectivity index (χ1v) is 14.0. The van der Waals surface area contributed by atoms with Crippen LogP contribution in [0.1, 0.15) is 60.9 Å². The molecule has 40 heavy (non-hydrogen) atoms. The zero-order valence-corrected chi connectivity index (χ0v) is 22.2. The third-order valence-corrected chi connectivity index (χ3v) is 11.3. The summed E-state index contributed by atoms with van der Waals surface area (Å²) in [4.78, 5) is 13.0. The van der Waals surface area contributed by atoms with Crippen molar-refractivity contribution in [2.75, 3.05) is 18.0 Å². The van der Waals surface area contributed by atoms with E-state index in [1.807, 2.05) is 18.2 Å². The molecule has 0 amide bonds. The Morgan fingerprint density at radius 1 is 1.05 bits per heavy atom. The summed E-state index contributed by atoms with van der Waals surface area (Å²) >= 11 is 6.42. The van der Waals surface area contributed by atoms with E-state index < -0.39 is 22.5 Å². The molecule has 2 spiro atoms. The fourth-order valence-corrected chi connectivity index (χ4v) is 9.30. The van der Waals surface area contributed by atoms with Crippen molar-refractivity contribution >= 4 is 17.5 Å². The molecule has 6 aliphatic rings. The first-order valence-electron chi connectivity index (χ1n) is 13.6. The monoisotopic (exact) mass is 564 g/mol. The molecule has 4 saturated carbocycles. The number of nitrogens with zero attached hydrogens (tertiary/aromatic N) is 8. The van der Waals surface area contributed by atoms with Gasteiger partial charge in [0.05, 0.1) is 17.6 Å². The molecule has 0 bridgehead atoms. The van der Waals surface area contributed by atoms with Crippen molar-refractivity contribution in [3.05, 3.63) is 58.4 Å². The molecule has 1 saturated heterocycles. The molecule has 204 valence electrons. The number of halogens is 4. The van der Waals surface area contributed by atoms with E-state index in [0.29, 0.717) is 36.2 Å². The lowest BCUT2D eigenvalue weighted by molar-refractivity contribution is -0.220. The quantitative estimate of drug-likeness (QED) is 0.453. The minimum absolute atomic E-state index is 0.168. The highest BCUT2D eigenvalue weighted by atomic mass is 35.5. The van der Waals surface area contributed by atoms with Crippen molar-refractivity contribution in [1.29, 1.82) is 5.26 Å². The minimum Gasteiger partial charge on any atom is -0.340 e. The molecule has 9 rings (SSSR count). The molecule has 3 aromatic rings. The largest absolute Gasteiger partial charge is 0.395 e. The van der Waals surface area contributed by atoms with Gasteiger partial charge in [-0.15, -0.1) is 10.2 Å². The van der Waals surface area contributed by atoms with Gasteiger partial charge in [-0.25, -0.2) is 9.97 Å². The predicted octanol–water partition coefficient (Wildman–Crippen LogP) is 4.77. The maximum Gasteiger partial charge on any atom is 0.395 e. The number of alkyl halides is 3. The van der Waals surface area contributed by atoms with Crippen molar-refractivity contribution in [1.82, 2.24) is 29.6 Å². The molecule has 4 aliphatic carbocycles. The van der Waals surface area contributed by atoms with E-state index in [2.05, 4.69) is 40.6 Å². The van der Waals surface area contributed by atoms with E-state index in [4.69, 9.17) is 16.9 Å². The summed E-state index contributed by atoms with van der Waals surface area (Å²) in [6.45, 7) is 2.71. The van der Waals surface area contributed by atoms with Gasteiger partial charge in [-0.3, -0.25) is 9.47 Å². The van der Waals surface area contributed by atoms with Crippen molar-refractivity contribution in [2.24, 2.45) is 16.2 Å². The second-order valence-corrected chi connectivity index (χ2v) is 13.4. The predicted molar refractivity (Wildman–Crippen MR) is 136 cm³/mol. The number of hydrogen-bond acceptors (Lipinski definition) is 7. The van der Waals surface area contributed by atoms with Crippen LogP contribution < -0.4 is 4.90 Å². The van der Waals surface area contributed by atoms with Crippen LogP contribution in [0, 0.1) is 27.6 Å². The zero-order chi connectivity index (χ0) is 27.3. The van der Waals surface area contributed by atoms with Gasteiger partial charge in [0.15, 0.2) is 5.82 Å². The van der Waals surface area contributed by atoms with Crippen LogP contribution >= 0.6 is 11.6 Å². The summed E-state index contributed by atoms with van der Waals surface area (Å²) in [6, 6.07) is 9.47. The van der Waals surface area contributed by atoms with Gasteiger partial charge < -0.3 is 4.90 Å². The summed E-state index contributed by atoms with van der Waals surface area (Å²) in [6.07, 6.45) is 0.470. The lowest BCUT2D eigenvalue weighted by Gasteiger charge is -2.58. The standard InChI is InChI=1S/C28H24ClF3N8/c29-18-1-2-20-16(5-18)9-39(27-12-25(27)11-26(25,13-27)28(30,31)32)10-21-36-37-22(40(20)21)17-6-24(7-17)14-38(15-24)23-34-4-3-19(8-33)35-23/h1-5,17H,6-7,9-15H2. The maximum absolute atomic E-state index is 13.9. The molecule has 8 nitrogen and oxygen atoms in total. The minimum atomic E-state index is -4.13. The summed E-state index contributed by atoms with van der Waals surface area (Å²) in [5.74, 6) is 2.53. The van der Waals surface area contributed by atoms with E-state index in [-0.39, 0.29) is 24.2 Å². The number of benzene rings is 1. The lowest BCUT2D eigenvalue weighted by Crippen LogP contribution is -2.62. The molecule has 3 unspecified atom stereocenters. The third-order valence-electron chi connectivity index (χ3n) is 11.0. The number of anilines is 1. The molecule has 12 heteroatoms. The van der Waals surface area contributed by atoms with Crippen molar-refractivity contribution < 1.29 is 13.2 Å². The summed E-state index contributed by atoms with van der Waals surface area (Å²) < 4.78 is 43.7. The lowest BCUT2D eigenvalue weighted by atomic mass is 9.57. The van der Waals surface area contributed by atoms with E-state index in [1.165, 1.54) is 0 Å². The number of hydrogen-bond donors (Lipinski definition) is 0. The number of rotatable bonds is 3. The van der Waals surface area contributed by atoms with E-state index in [9.17, 15) is 13.2 Å². The van der Waals surface area contributed by atoms with Crippen LogP contribution in [0.3, 0.4) is 0 Å². The number of aromatic nitrogens is 5. The van der Waals surface area contributed by atoms with Gasteiger partial charge in [0.25, 0.3) is 0 Å². The van der Waals surface area contributed by atoms with E-state index in [0.717, 1.165) is 48.8 Å². The summed E-state index contributed by atoms with van der Waals surface area (Å²) in [5, 5.41) is 19.0.